The number of hydrogen-bond donors (Lipinski definition) is 1. The molecule has 1 aliphatic rings. The van der Waals surface area contributed by atoms with Crippen molar-refractivity contribution in [3.05, 3.63) is 28.3 Å². The molecule has 0 saturated carbocycles. The molecule has 22 heavy (non-hydrogen) atoms. The highest BCUT2D eigenvalue weighted by atomic mass is 35.5. The number of aryl methyl sites for hydroxylation is 2. The monoisotopic (exact) mass is 325 g/mol. The zero-order valence-corrected chi connectivity index (χ0v) is 14.2. The summed E-state index contributed by atoms with van der Waals surface area (Å²) in [6, 6.07) is 3.81. The van der Waals surface area contributed by atoms with Gasteiger partial charge in [-0.3, -0.25) is 0 Å². The average molecular weight is 326 g/mol. The van der Waals surface area contributed by atoms with E-state index in [-0.39, 0.29) is 6.03 Å². The van der Waals surface area contributed by atoms with E-state index in [1.54, 1.807) is 0 Å². The summed E-state index contributed by atoms with van der Waals surface area (Å²) in [6.45, 7) is 8.25. The fourth-order valence-electron chi connectivity index (χ4n) is 2.44. The Labute approximate surface area is 137 Å². The number of halogens is 1. The highest BCUT2D eigenvalue weighted by Crippen LogP contribution is 2.25. The molecule has 0 bridgehead atoms. The van der Waals surface area contributed by atoms with Crippen LogP contribution in [0, 0.1) is 13.8 Å². The van der Waals surface area contributed by atoms with Crippen molar-refractivity contribution >= 4 is 17.6 Å². The van der Waals surface area contributed by atoms with Crippen molar-refractivity contribution in [1.82, 2.24) is 15.1 Å². The first-order valence-corrected chi connectivity index (χ1v) is 7.96. The molecule has 2 amide bonds. The van der Waals surface area contributed by atoms with E-state index >= 15 is 0 Å². The third-order valence-corrected chi connectivity index (χ3v) is 4.44. The normalized spacial score (nSPS) is 15.7. The molecule has 1 aliphatic heterocycles. The first-order chi connectivity index (χ1) is 10.5. The van der Waals surface area contributed by atoms with Crippen LogP contribution >= 0.6 is 11.6 Å². The summed E-state index contributed by atoms with van der Waals surface area (Å²) in [6.07, 6.45) is 0. The summed E-state index contributed by atoms with van der Waals surface area (Å²) in [5, 5.41) is 3.67. The van der Waals surface area contributed by atoms with Gasteiger partial charge in [0.05, 0.1) is 6.54 Å². The third-order valence-electron chi connectivity index (χ3n) is 3.85. The first-order valence-electron chi connectivity index (χ1n) is 7.58. The number of amides is 2. The molecule has 1 heterocycles. The van der Waals surface area contributed by atoms with Crippen molar-refractivity contribution in [2.45, 2.75) is 13.8 Å². The minimum atomic E-state index is -0.0137. The fraction of sp³-hybridized carbons (Fsp3) is 0.562. The Kier molecular flexibility index (Phi) is 5.91. The Morgan fingerprint density at radius 2 is 1.82 bits per heavy atom. The van der Waals surface area contributed by atoms with Crippen LogP contribution in [0.2, 0.25) is 5.02 Å². The van der Waals surface area contributed by atoms with Crippen molar-refractivity contribution in [1.29, 1.82) is 0 Å². The molecule has 0 atom stereocenters. The maximum Gasteiger partial charge on any atom is 0.317 e. The van der Waals surface area contributed by atoms with Gasteiger partial charge in [-0.1, -0.05) is 11.6 Å². The number of hydrogen-bond acceptors (Lipinski definition) is 3. The molecular weight excluding hydrogens is 302 g/mol. The second kappa shape index (κ2) is 7.70. The second-order valence-corrected chi connectivity index (χ2v) is 6.12. The van der Waals surface area contributed by atoms with Crippen molar-refractivity contribution in [3.8, 4) is 5.75 Å². The Hall–Kier alpha value is -1.46. The summed E-state index contributed by atoms with van der Waals surface area (Å²) in [5.41, 5.74) is 2.00. The molecular formula is C16H24ClN3O2. The number of carbonyl (C=O) groups is 1. The number of piperazine rings is 1. The van der Waals surface area contributed by atoms with E-state index in [0.717, 1.165) is 48.1 Å². The van der Waals surface area contributed by atoms with E-state index < -0.39 is 0 Å². The molecule has 1 N–H and O–H groups in total. The van der Waals surface area contributed by atoms with Crippen molar-refractivity contribution in [2.75, 3.05) is 46.4 Å². The molecule has 1 fully saturated rings. The van der Waals surface area contributed by atoms with E-state index in [2.05, 4.69) is 17.3 Å². The summed E-state index contributed by atoms with van der Waals surface area (Å²) in [5.74, 6) is 0.785. The van der Waals surface area contributed by atoms with Gasteiger partial charge in [-0.05, 0) is 44.2 Å². The summed E-state index contributed by atoms with van der Waals surface area (Å²) in [7, 11) is 2.07. The van der Waals surface area contributed by atoms with Gasteiger partial charge in [0.25, 0.3) is 0 Å². The summed E-state index contributed by atoms with van der Waals surface area (Å²) >= 11 is 6.13. The van der Waals surface area contributed by atoms with Gasteiger partial charge >= 0.3 is 6.03 Å². The van der Waals surface area contributed by atoms with Crippen LogP contribution in [0.4, 0.5) is 4.79 Å². The van der Waals surface area contributed by atoms with E-state index in [1.165, 1.54) is 0 Å². The van der Waals surface area contributed by atoms with Crippen LogP contribution < -0.4 is 10.1 Å². The minimum Gasteiger partial charge on any atom is -0.492 e. The Bertz CT molecular complexity index is 505. The highest BCUT2D eigenvalue weighted by molar-refractivity contribution is 6.32. The second-order valence-electron chi connectivity index (χ2n) is 5.74. The lowest BCUT2D eigenvalue weighted by molar-refractivity contribution is 0.153. The molecule has 1 aromatic rings. The molecule has 0 spiro atoms. The zero-order chi connectivity index (χ0) is 16.1. The SMILES string of the molecule is Cc1cc(OCCNC(=O)N2CCN(C)CC2)cc(C)c1Cl. The number of nitrogens with one attached hydrogen (secondary N) is 1. The van der Waals surface area contributed by atoms with Gasteiger partial charge in [0.15, 0.2) is 0 Å². The average Bonchev–Trinajstić information content (AvgIpc) is 2.49. The van der Waals surface area contributed by atoms with Crippen LogP contribution in [0.15, 0.2) is 12.1 Å². The number of urea groups is 1. The van der Waals surface area contributed by atoms with Crippen LogP contribution in [0.1, 0.15) is 11.1 Å². The maximum atomic E-state index is 12.0. The number of nitrogens with zero attached hydrogens (tertiary/aromatic N) is 2. The van der Waals surface area contributed by atoms with Crippen LogP contribution in [0.3, 0.4) is 0 Å². The topological polar surface area (TPSA) is 44.8 Å². The number of ether oxygens (including phenoxy) is 1. The molecule has 0 aliphatic carbocycles. The molecule has 1 aromatic carbocycles. The zero-order valence-electron chi connectivity index (χ0n) is 13.5. The quantitative estimate of drug-likeness (QED) is 0.864. The fourth-order valence-corrected chi connectivity index (χ4v) is 2.55. The smallest absolute Gasteiger partial charge is 0.317 e. The Morgan fingerprint density at radius 3 is 2.41 bits per heavy atom. The molecule has 2 rings (SSSR count). The van der Waals surface area contributed by atoms with Gasteiger partial charge in [0.2, 0.25) is 0 Å². The molecule has 1 saturated heterocycles. The lowest BCUT2D eigenvalue weighted by Gasteiger charge is -2.32. The number of rotatable bonds is 4. The number of likely N-dealkylation sites (N-methyl/N-ethyl adjacent to an activating group) is 1. The summed E-state index contributed by atoms with van der Waals surface area (Å²) in [4.78, 5) is 16.1. The van der Waals surface area contributed by atoms with E-state index in [0.29, 0.717) is 13.2 Å². The molecule has 0 aromatic heterocycles. The molecule has 6 heteroatoms. The van der Waals surface area contributed by atoms with Crippen LogP contribution in [0.25, 0.3) is 0 Å². The van der Waals surface area contributed by atoms with Crippen LogP contribution in [-0.4, -0.2) is 62.2 Å². The molecule has 0 radical (unpaired) electrons. The van der Waals surface area contributed by atoms with Gasteiger partial charge in [-0.15, -0.1) is 0 Å². The van der Waals surface area contributed by atoms with Gasteiger partial charge in [0, 0.05) is 31.2 Å². The first kappa shape index (κ1) is 16.9. The van der Waals surface area contributed by atoms with Crippen LogP contribution in [-0.2, 0) is 0 Å². The lowest BCUT2D eigenvalue weighted by atomic mass is 10.1. The van der Waals surface area contributed by atoms with Crippen molar-refractivity contribution in [2.24, 2.45) is 0 Å². The largest absolute Gasteiger partial charge is 0.492 e. The Morgan fingerprint density at radius 1 is 1.23 bits per heavy atom. The molecule has 0 unspecified atom stereocenters. The molecule has 122 valence electrons. The minimum absolute atomic E-state index is 0.0137. The highest BCUT2D eigenvalue weighted by Gasteiger charge is 2.18. The predicted molar refractivity (Wildman–Crippen MR) is 88.9 cm³/mol. The maximum absolute atomic E-state index is 12.0. The van der Waals surface area contributed by atoms with E-state index in [4.69, 9.17) is 16.3 Å². The van der Waals surface area contributed by atoms with Gasteiger partial charge in [-0.2, -0.15) is 0 Å². The standard InChI is InChI=1S/C16H24ClN3O2/c1-12-10-14(11-13(2)15(12)17)22-9-4-18-16(21)20-7-5-19(3)6-8-20/h10-11H,4-9H2,1-3H3,(H,18,21). The van der Waals surface area contributed by atoms with Crippen molar-refractivity contribution in [3.63, 3.8) is 0 Å². The van der Waals surface area contributed by atoms with Crippen molar-refractivity contribution < 1.29 is 9.53 Å². The van der Waals surface area contributed by atoms with Gasteiger partial charge in [0.1, 0.15) is 12.4 Å². The number of carbonyl (C=O) groups excluding carboxylic acids is 1. The lowest BCUT2D eigenvalue weighted by Crippen LogP contribution is -2.51. The van der Waals surface area contributed by atoms with E-state index in [1.807, 2.05) is 30.9 Å². The predicted octanol–water partition coefficient (Wildman–Crippen LogP) is 2.29. The van der Waals surface area contributed by atoms with E-state index in [9.17, 15) is 4.79 Å². The number of benzene rings is 1. The summed E-state index contributed by atoms with van der Waals surface area (Å²) < 4.78 is 5.68. The van der Waals surface area contributed by atoms with Gasteiger partial charge < -0.3 is 19.9 Å². The Balaban J connectivity index is 1.72. The van der Waals surface area contributed by atoms with Gasteiger partial charge in [-0.25, -0.2) is 4.79 Å². The van der Waals surface area contributed by atoms with Crippen LogP contribution in [0.5, 0.6) is 5.75 Å². The molecule has 5 nitrogen and oxygen atoms in total. The third kappa shape index (κ3) is 4.52.